The molecule has 0 unspecified atom stereocenters. The van der Waals surface area contributed by atoms with Gasteiger partial charge in [0.2, 0.25) is 0 Å². The van der Waals surface area contributed by atoms with E-state index in [1.165, 1.54) is 6.07 Å². The van der Waals surface area contributed by atoms with Gasteiger partial charge in [-0.3, -0.25) is 4.79 Å². The first kappa shape index (κ1) is 14.3. The largest absolute Gasteiger partial charge is 0.481 e. The van der Waals surface area contributed by atoms with Crippen molar-refractivity contribution in [2.24, 2.45) is 0 Å². The Kier molecular flexibility index (Phi) is 4.55. The van der Waals surface area contributed by atoms with Crippen molar-refractivity contribution in [2.45, 2.75) is 18.8 Å². The quantitative estimate of drug-likeness (QED) is 0.808. The van der Waals surface area contributed by atoms with Crippen molar-refractivity contribution in [3.63, 3.8) is 0 Å². The monoisotopic (exact) mass is 280 g/mol. The summed E-state index contributed by atoms with van der Waals surface area (Å²) in [5.41, 5.74) is 0.641. The highest BCUT2D eigenvalue weighted by molar-refractivity contribution is 5.75. The van der Waals surface area contributed by atoms with Crippen LogP contribution in [0.1, 0.15) is 24.3 Å². The van der Waals surface area contributed by atoms with Crippen LogP contribution in [0.4, 0.5) is 9.18 Å². The van der Waals surface area contributed by atoms with Gasteiger partial charge in [-0.1, -0.05) is 18.2 Å². The smallest absolute Gasteiger partial charge is 0.317 e. The van der Waals surface area contributed by atoms with E-state index in [4.69, 9.17) is 5.11 Å². The summed E-state index contributed by atoms with van der Waals surface area (Å²) in [6.45, 7) is 1.32. The molecule has 5 nitrogen and oxygen atoms in total. The molecule has 1 heterocycles. The van der Waals surface area contributed by atoms with Gasteiger partial charge in [0.05, 0.1) is 0 Å². The summed E-state index contributed by atoms with van der Waals surface area (Å²) in [5.74, 6) is -1.07. The summed E-state index contributed by atoms with van der Waals surface area (Å²) in [7, 11) is 0. The third kappa shape index (κ3) is 3.46. The van der Waals surface area contributed by atoms with Crippen molar-refractivity contribution in [1.82, 2.24) is 10.2 Å². The lowest BCUT2D eigenvalue weighted by molar-refractivity contribution is -0.137. The fourth-order valence-electron chi connectivity index (χ4n) is 2.19. The summed E-state index contributed by atoms with van der Waals surface area (Å²) < 4.78 is 13.5. The number of amides is 2. The number of rotatable bonds is 5. The Hall–Kier alpha value is -2.11. The normalized spacial score (nSPS) is 14.8. The summed E-state index contributed by atoms with van der Waals surface area (Å²) in [5, 5.41) is 11.1. The van der Waals surface area contributed by atoms with Gasteiger partial charge >= 0.3 is 12.0 Å². The van der Waals surface area contributed by atoms with Crippen LogP contribution in [0.15, 0.2) is 24.3 Å². The van der Waals surface area contributed by atoms with Gasteiger partial charge in [0, 0.05) is 32.0 Å². The Bertz CT molecular complexity index is 501. The van der Waals surface area contributed by atoms with Gasteiger partial charge in [-0.25, -0.2) is 9.18 Å². The standard InChI is InChI=1S/C14H17FN2O3/c15-12-5-2-1-4-11(12)10-8-17(9-10)14(20)16-7-3-6-13(18)19/h1-2,4-5,10H,3,6-9H2,(H,16,20)(H,18,19). The maximum atomic E-state index is 13.5. The molecule has 6 heteroatoms. The Morgan fingerprint density at radius 2 is 2.05 bits per heavy atom. The first-order valence-corrected chi connectivity index (χ1v) is 6.57. The second-order valence-corrected chi connectivity index (χ2v) is 4.85. The number of carbonyl (C=O) groups is 2. The summed E-state index contributed by atoms with van der Waals surface area (Å²) in [6, 6.07) is 6.37. The second-order valence-electron chi connectivity index (χ2n) is 4.85. The zero-order valence-electron chi connectivity index (χ0n) is 11.0. The van der Waals surface area contributed by atoms with Crippen LogP contribution in [0, 0.1) is 5.82 Å². The van der Waals surface area contributed by atoms with E-state index in [1.54, 1.807) is 23.1 Å². The van der Waals surface area contributed by atoms with E-state index in [9.17, 15) is 14.0 Å². The predicted octanol–water partition coefficient (Wildman–Crippen LogP) is 1.80. The summed E-state index contributed by atoms with van der Waals surface area (Å²) >= 11 is 0. The van der Waals surface area contributed by atoms with Gasteiger partial charge < -0.3 is 15.3 Å². The van der Waals surface area contributed by atoms with Crippen molar-refractivity contribution < 1.29 is 19.1 Å². The molecule has 1 aromatic rings. The molecule has 0 atom stereocenters. The lowest BCUT2D eigenvalue weighted by atomic mass is 9.91. The molecule has 0 radical (unpaired) electrons. The van der Waals surface area contributed by atoms with E-state index < -0.39 is 5.97 Å². The Balaban J connectivity index is 1.72. The molecule has 2 rings (SSSR count). The van der Waals surface area contributed by atoms with Gasteiger partial charge in [-0.2, -0.15) is 0 Å². The van der Waals surface area contributed by atoms with Crippen LogP contribution in [-0.4, -0.2) is 41.6 Å². The fourth-order valence-corrected chi connectivity index (χ4v) is 2.19. The van der Waals surface area contributed by atoms with Crippen LogP contribution in [-0.2, 0) is 4.79 Å². The van der Waals surface area contributed by atoms with E-state index in [0.29, 0.717) is 31.6 Å². The third-order valence-corrected chi connectivity index (χ3v) is 3.36. The minimum Gasteiger partial charge on any atom is -0.481 e. The Morgan fingerprint density at radius 3 is 2.70 bits per heavy atom. The molecule has 0 bridgehead atoms. The number of urea groups is 1. The Morgan fingerprint density at radius 1 is 1.35 bits per heavy atom. The first-order valence-electron chi connectivity index (χ1n) is 6.57. The minimum absolute atomic E-state index is 0.0398. The van der Waals surface area contributed by atoms with Crippen LogP contribution < -0.4 is 5.32 Å². The number of likely N-dealkylation sites (tertiary alicyclic amines) is 1. The molecular formula is C14H17FN2O3. The summed E-state index contributed by atoms with van der Waals surface area (Å²) in [6.07, 6.45) is 0.448. The molecule has 2 amide bonds. The molecule has 0 saturated carbocycles. The molecular weight excluding hydrogens is 263 g/mol. The number of nitrogens with one attached hydrogen (secondary N) is 1. The third-order valence-electron chi connectivity index (χ3n) is 3.36. The molecule has 1 aliphatic heterocycles. The average Bonchev–Trinajstić information content (AvgIpc) is 2.35. The number of hydrogen-bond donors (Lipinski definition) is 2. The van der Waals surface area contributed by atoms with Crippen LogP contribution in [0.25, 0.3) is 0 Å². The van der Waals surface area contributed by atoms with Crippen molar-refractivity contribution >= 4 is 12.0 Å². The van der Waals surface area contributed by atoms with Gasteiger partial charge in [0.15, 0.2) is 0 Å². The number of aliphatic carboxylic acids is 1. The van der Waals surface area contributed by atoms with Crippen LogP contribution >= 0.6 is 0 Å². The number of carbonyl (C=O) groups excluding carboxylic acids is 1. The lowest BCUT2D eigenvalue weighted by Crippen LogP contribution is -2.52. The van der Waals surface area contributed by atoms with E-state index >= 15 is 0 Å². The molecule has 1 aromatic carbocycles. The minimum atomic E-state index is -0.872. The molecule has 2 N–H and O–H groups in total. The SMILES string of the molecule is O=C(O)CCCNC(=O)N1CC(c2ccccc2F)C1. The van der Waals surface area contributed by atoms with Crippen LogP contribution in [0.3, 0.4) is 0 Å². The molecule has 1 fully saturated rings. The summed E-state index contributed by atoms with van der Waals surface area (Å²) in [4.78, 5) is 23.6. The number of nitrogens with zero attached hydrogens (tertiary/aromatic N) is 1. The highest BCUT2D eigenvalue weighted by atomic mass is 19.1. The molecule has 1 aliphatic rings. The first-order chi connectivity index (χ1) is 9.58. The molecule has 108 valence electrons. The highest BCUT2D eigenvalue weighted by Gasteiger charge is 2.32. The molecule has 0 spiro atoms. The van der Waals surface area contributed by atoms with Crippen LogP contribution in [0.5, 0.6) is 0 Å². The molecule has 0 aromatic heterocycles. The van der Waals surface area contributed by atoms with Crippen molar-refractivity contribution in [3.05, 3.63) is 35.6 Å². The maximum absolute atomic E-state index is 13.5. The molecule has 1 saturated heterocycles. The van der Waals surface area contributed by atoms with Gasteiger partial charge in [0.1, 0.15) is 5.82 Å². The zero-order chi connectivity index (χ0) is 14.5. The highest BCUT2D eigenvalue weighted by Crippen LogP contribution is 2.28. The number of carboxylic acid groups (broad SMARTS) is 1. The molecule has 0 aliphatic carbocycles. The van der Waals surface area contributed by atoms with Crippen molar-refractivity contribution in [2.75, 3.05) is 19.6 Å². The van der Waals surface area contributed by atoms with Gasteiger partial charge in [0.25, 0.3) is 0 Å². The van der Waals surface area contributed by atoms with Gasteiger partial charge in [-0.15, -0.1) is 0 Å². The second kappa shape index (κ2) is 6.36. The number of benzene rings is 1. The van der Waals surface area contributed by atoms with E-state index in [1.807, 2.05) is 0 Å². The fraction of sp³-hybridized carbons (Fsp3) is 0.429. The van der Waals surface area contributed by atoms with E-state index in [-0.39, 0.29) is 24.2 Å². The maximum Gasteiger partial charge on any atom is 0.317 e. The van der Waals surface area contributed by atoms with Crippen molar-refractivity contribution in [3.8, 4) is 0 Å². The average molecular weight is 280 g/mol. The lowest BCUT2D eigenvalue weighted by Gasteiger charge is -2.39. The topological polar surface area (TPSA) is 69.6 Å². The number of hydrogen-bond acceptors (Lipinski definition) is 2. The number of halogens is 1. The zero-order valence-corrected chi connectivity index (χ0v) is 11.0. The predicted molar refractivity (Wildman–Crippen MR) is 71.0 cm³/mol. The van der Waals surface area contributed by atoms with Gasteiger partial charge in [-0.05, 0) is 18.1 Å². The van der Waals surface area contributed by atoms with Crippen molar-refractivity contribution in [1.29, 1.82) is 0 Å². The molecule has 20 heavy (non-hydrogen) atoms. The van der Waals surface area contributed by atoms with E-state index in [2.05, 4.69) is 5.32 Å². The van der Waals surface area contributed by atoms with Crippen LogP contribution in [0.2, 0.25) is 0 Å². The number of carboxylic acids is 1. The van der Waals surface area contributed by atoms with E-state index in [0.717, 1.165) is 0 Å². The Labute approximate surface area is 116 Å².